The Kier molecular flexibility index (Phi) is 5.14. The molecule has 24 heavy (non-hydrogen) atoms. The Balaban J connectivity index is 1.76. The fourth-order valence-corrected chi connectivity index (χ4v) is 3.28. The van der Waals surface area contributed by atoms with E-state index in [0.717, 1.165) is 42.6 Å². The molecule has 1 saturated heterocycles. The van der Waals surface area contributed by atoms with E-state index in [1.807, 2.05) is 48.4 Å². The SMILES string of the molecule is Cc1cc(=O)n(CCC(=O)N2CCCCC2)cc1-c1ccccc1. The number of hydrogen-bond acceptors (Lipinski definition) is 2. The minimum Gasteiger partial charge on any atom is -0.343 e. The van der Waals surface area contributed by atoms with Crippen molar-refractivity contribution in [3.8, 4) is 11.1 Å². The summed E-state index contributed by atoms with van der Waals surface area (Å²) in [7, 11) is 0. The summed E-state index contributed by atoms with van der Waals surface area (Å²) in [5.74, 6) is 0.156. The highest BCUT2D eigenvalue weighted by atomic mass is 16.2. The molecule has 1 fully saturated rings. The summed E-state index contributed by atoms with van der Waals surface area (Å²) in [4.78, 5) is 26.5. The van der Waals surface area contributed by atoms with Crippen LogP contribution in [0, 0.1) is 6.92 Å². The number of hydrogen-bond donors (Lipinski definition) is 0. The van der Waals surface area contributed by atoms with Crippen molar-refractivity contribution in [2.75, 3.05) is 13.1 Å². The fourth-order valence-electron chi connectivity index (χ4n) is 3.28. The fraction of sp³-hybridized carbons (Fsp3) is 0.400. The Bertz CT molecular complexity index is 759. The lowest BCUT2D eigenvalue weighted by Crippen LogP contribution is -2.36. The molecule has 1 aliphatic heterocycles. The third kappa shape index (κ3) is 3.75. The number of carbonyl (C=O) groups is 1. The summed E-state index contributed by atoms with van der Waals surface area (Å²) < 4.78 is 1.66. The maximum atomic E-state index is 12.3. The maximum absolute atomic E-state index is 12.3. The van der Waals surface area contributed by atoms with Crippen molar-refractivity contribution in [3.05, 3.63) is 58.5 Å². The third-order valence-electron chi connectivity index (χ3n) is 4.69. The number of pyridine rings is 1. The van der Waals surface area contributed by atoms with Gasteiger partial charge >= 0.3 is 0 Å². The largest absolute Gasteiger partial charge is 0.343 e. The second-order valence-electron chi connectivity index (χ2n) is 6.46. The number of aryl methyl sites for hydroxylation is 2. The van der Waals surface area contributed by atoms with Crippen molar-refractivity contribution in [2.24, 2.45) is 0 Å². The normalized spacial score (nSPS) is 14.6. The molecule has 4 heteroatoms. The first-order chi connectivity index (χ1) is 11.6. The quantitative estimate of drug-likeness (QED) is 0.866. The number of rotatable bonds is 4. The Hall–Kier alpha value is -2.36. The molecule has 0 bridgehead atoms. The highest BCUT2D eigenvalue weighted by Gasteiger charge is 2.16. The first kappa shape index (κ1) is 16.5. The van der Waals surface area contributed by atoms with Crippen LogP contribution in [0.5, 0.6) is 0 Å². The molecule has 2 heterocycles. The highest BCUT2D eigenvalue weighted by molar-refractivity contribution is 5.76. The van der Waals surface area contributed by atoms with Crippen molar-refractivity contribution in [1.29, 1.82) is 0 Å². The van der Waals surface area contributed by atoms with Crippen molar-refractivity contribution < 1.29 is 4.79 Å². The van der Waals surface area contributed by atoms with Gasteiger partial charge in [-0.1, -0.05) is 30.3 Å². The van der Waals surface area contributed by atoms with Crippen molar-refractivity contribution in [2.45, 2.75) is 39.2 Å². The number of aromatic nitrogens is 1. The van der Waals surface area contributed by atoms with E-state index in [2.05, 4.69) is 0 Å². The first-order valence-electron chi connectivity index (χ1n) is 8.69. The molecule has 0 unspecified atom stereocenters. The van der Waals surface area contributed by atoms with Gasteiger partial charge in [0.1, 0.15) is 0 Å². The van der Waals surface area contributed by atoms with Gasteiger partial charge in [-0.05, 0) is 37.3 Å². The van der Waals surface area contributed by atoms with Gasteiger partial charge in [0.25, 0.3) is 5.56 Å². The smallest absolute Gasteiger partial charge is 0.250 e. The zero-order chi connectivity index (χ0) is 16.9. The Morgan fingerprint density at radius 2 is 1.79 bits per heavy atom. The molecule has 0 spiro atoms. The van der Waals surface area contributed by atoms with E-state index in [1.165, 1.54) is 6.42 Å². The Labute approximate surface area is 142 Å². The molecule has 0 aliphatic carbocycles. The van der Waals surface area contributed by atoms with Crippen LogP contribution in [0.2, 0.25) is 0 Å². The summed E-state index contributed by atoms with van der Waals surface area (Å²) in [5, 5.41) is 0. The molecule has 1 aromatic carbocycles. The van der Waals surface area contributed by atoms with Crippen LogP contribution < -0.4 is 5.56 Å². The lowest BCUT2D eigenvalue weighted by atomic mass is 10.0. The van der Waals surface area contributed by atoms with Crippen molar-refractivity contribution >= 4 is 5.91 Å². The molecule has 1 aliphatic rings. The topological polar surface area (TPSA) is 42.3 Å². The van der Waals surface area contributed by atoms with E-state index < -0.39 is 0 Å². The van der Waals surface area contributed by atoms with E-state index in [4.69, 9.17) is 0 Å². The molecule has 2 aromatic rings. The summed E-state index contributed by atoms with van der Waals surface area (Å²) in [6, 6.07) is 11.7. The molecule has 126 valence electrons. The molecule has 1 aromatic heterocycles. The highest BCUT2D eigenvalue weighted by Crippen LogP contribution is 2.21. The molecule has 3 rings (SSSR count). The molecule has 4 nitrogen and oxygen atoms in total. The van der Waals surface area contributed by atoms with Gasteiger partial charge in [0, 0.05) is 43.9 Å². The molecule has 0 radical (unpaired) electrons. The zero-order valence-electron chi connectivity index (χ0n) is 14.2. The van der Waals surface area contributed by atoms with E-state index in [-0.39, 0.29) is 11.5 Å². The number of piperidine rings is 1. The van der Waals surface area contributed by atoms with Gasteiger partial charge in [-0.3, -0.25) is 9.59 Å². The van der Waals surface area contributed by atoms with Crippen molar-refractivity contribution in [3.63, 3.8) is 0 Å². The standard InChI is InChI=1S/C20H24N2O2/c1-16-14-20(24)22(15-18(16)17-8-4-2-5-9-17)13-10-19(23)21-11-6-3-7-12-21/h2,4-5,8-9,14-15H,3,6-7,10-13H2,1H3. The zero-order valence-corrected chi connectivity index (χ0v) is 14.2. The minimum atomic E-state index is -0.0429. The first-order valence-corrected chi connectivity index (χ1v) is 8.69. The van der Waals surface area contributed by atoms with Crippen molar-refractivity contribution in [1.82, 2.24) is 9.47 Å². The van der Waals surface area contributed by atoms with Gasteiger partial charge in [0.2, 0.25) is 5.91 Å². The summed E-state index contributed by atoms with van der Waals surface area (Å²) in [6.45, 7) is 4.11. The lowest BCUT2D eigenvalue weighted by Gasteiger charge is -2.26. The number of nitrogens with zero attached hydrogens (tertiary/aromatic N) is 2. The molecule has 0 N–H and O–H groups in total. The average Bonchev–Trinajstić information content (AvgIpc) is 2.62. The van der Waals surface area contributed by atoms with Gasteiger partial charge in [0.15, 0.2) is 0 Å². The number of benzene rings is 1. The van der Waals surface area contributed by atoms with Crippen LogP contribution in [0.15, 0.2) is 47.4 Å². The van der Waals surface area contributed by atoms with Crippen LogP contribution in [0.25, 0.3) is 11.1 Å². The molecular formula is C20H24N2O2. The van der Waals surface area contributed by atoms with Gasteiger partial charge in [-0.15, -0.1) is 0 Å². The third-order valence-corrected chi connectivity index (χ3v) is 4.69. The van der Waals surface area contributed by atoms with Crippen LogP contribution in [-0.2, 0) is 11.3 Å². The molecular weight excluding hydrogens is 300 g/mol. The van der Waals surface area contributed by atoms with Crippen LogP contribution in [-0.4, -0.2) is 28.5 Å². The van der Waals surface area contributed by atoms with Crippen LogP contribution in [0.4, 0.5) is 0 Å². The average molecular weight is 324 g/mol. The summed E-state index contributed by atoms with van der Waals surface area (Å²) in [5.41, 5.74) is 3.05. The van der Waals surface area contributed by atoms with E-state index >= 15 is 0 Å². The number of amides is 1. The predicted molar refractivity (Wildman–Crippen MR) is 95.9 cm³/mol. The predicted octanol–water partition coefficient (Wildman–Crippen LogP) is 3.23. The Morgan fingerprint density at radius 3 is 2.50 bits per heavy atom. The molecule has 0 atom stereocenters. The van der Waals surface area contributed by atoms with E-state index in [1.54, 1.807) is 10.6 Å². The maximum Gasteiger partial charge on any atom is 0.250 e. The molecule has 0 saturated carbocycles. The Morgan fingerprint density at radius 1 is 1.08 bits per heavy atom. The lowest BCUT2D eigenvalue weighted by molar-refractivity contribution is -0.132. The van der Waals surface area contributed by atoms with Gasteiger partial charge in [0.05, 0.1) is 0 Å². The second kappa shape index (κ2) is 7.47. The minimum absolute atomic E-state index is 0.0429. The molecule has 1 amide bonds. The second-order valence-corrected chi connectivity index (χ2v) is 6.46. The van der Waals surface area contributed by atoms with Crippen LogP contribution in [0.3, 0.4) is 0 Å². The summed E-state index contributed by atoms with van der Waals surface area (Å²) >= 11 is 0. The summed E-state index contributed by atoms with van der Waals surface area (Å²) in [6.07, 6.45) is 5.66. The monoisotopic (exact) mass is 324 g/mol. The van der Waals surface area contributed by atoms with E-state index in [9.17, 15) is 9.59 Å². The van der Waals surface area contributed by atoms with Crippen LogP contribution in [0.1, 0.15) is 31.2 Å². The number of carbonyl (C=O) groups excluding carboxylic acids is 1. The van der Waals surface area contributed by atoms with Gasteiger partial charge in [-0.2, -0.15) is 0 Å². The van der Waals surface area contributed by atoms with E-state index in [0.29, 0.717) is 13.0 Å². The van der Waals surface area contributed by atoms with Gasteiger partial charge in [-0.25, -0.2) is 0 Å². The van der Waals surface area contributed by atoms with Crippen LogP contribution >= 0.6 is 0 Å². The van der Waals surface area contributed by atoms with Gasteiger partial charge < -0.3 is 9.47 Å². The number of likely N-dealkylation sites (tertiary alicyclic amines) is 1.